The molecule has 0 bridgehead atoms. The van der Waals surface area contributed by atoms with E-state index in [0.29, 0.717) is 41.4 Å². The summed E-state index contributed by atoms with van der Waals surface area (Å²) in [5.41, 5.74) is 1.32. The SMILES string of the molecule is CCCC(C)(C(=O)O)c1cccc(C(c2ccc(F)cc2)N2CC(C)CC(C)C2)c1-c1ccc(C(F)(F)F)cc1. The highest BCUT2D eigenvalue weighted by Crippen LogP contribution is 2.45. The van der Waals surface area contributed by atoms with E-state index in [2.05, 4.69) is 18.7 Å². The van der Waals surface area contributed by atoms with Crippen molar-refractivity contribution in [2.24, 2.45) is 11.8 Å². The zero-order chi connectivity index (χ0) is 29.2. The number of benzene rings is 3. The monoisotopic (exact) mass is 555 g/mol. The number of halogens is 4. The van der Waals surface area contributed by atoms with Crippen molar-refractivity contribution < 1.29 is 27.5 Å². The molecule has 1 saturated heterocycles. The van der Waals surface area contributed by atoms with Crippen molar-refractivity contribution >= 4 is 5.97 Å². The molecule has 7 heteroatoms. The number of alkyl halides is 3. The third kappa shape index (κ3) is 6.09. The zero-order valence-corrected chi connectivity index (χ0v) is 23.4. The Labute approximate surface area is 233 Å². The van der Waals surface area contributed by atoms with Gasteiger partial charge in [-0.2, -0.15) is 13.2 Å². The van der Waals surface area contributed by atoms with Crippen LogP contribution < -0.4 is 0 Å². The van der Waals surface area contributed by atoms with Crippen LogP contribution in [0.4, 0.5) is 17.6 Å². The Bertz CT molecular complexity index is 1310. The second-order valence-corrected chi connectivity index (χ2v) is 11.6. The van der Waals surface area contributed by atoms with Crippen LogP contribution in [0, 0.1) is 17.7 Å². The number of hydrogen-bond acceptors (Lipinski definition) is 2. The average Bonchev–Trinajstić information content (AvgIpc) is 2.89. The summed E-state index contributed by atoms with van der Waals surface area (Å²) in [4.78, 5) is 15.1. The number of carboxylic acids is 1. The van der Waals surface area contributed by atoms with E-state index in [1.165, 1.54) is 24.3 Å². The molecule has 1 N–H and O–H groups in total. The van der Waals surface area contributed by atoms with Crippen molar-refractivity contribution in [2.45, 2.75) is 64.6 Å². The molecule has 1 fully saturated rings. The summed E-state index contributed by atoms with van der Waals surface area (Å²) in [5, 5.41) is 10.4. The van der Waals surface area contributed by atoms with Crippen LogP contribution in [0.1, 0.15) is 75.3 Å². The van der Waals surface area contributed by atoms with E-state index < -0.39 is 23.1 Å². The zero-order valence-electron chi connectivity index (χ0n) is 23.4. The molecular weight excluding hydrogens is 518 g/mol. The maximum Gasteiger partial charge on any atom is 0.416 e. The van der Waals surface area contributed by atoms with Gasteiger partial charge < -0.3 is 5.11 Å². The van der Waals surface area contributed by atoms with E-state index in [1.807, 2.05) is 19.1 Å². The lowest BCUT2D eigenvalue weighted by molar-refractivity contribution is -0.143. The molecule has 0 aliphatic carbocycles. The predicted octanol–water partition coefficient (Wildman–Crippen LogP) is 8.72. The van der Waals surface area contributed by atoms with Crippen molar-refractivity contribution in [1.29, 1.82) is 0 Å². The van der Waals surface area contributed by atoms with Gasteiger partial charge in [0, 0.05) is 13.1 Å². The van der Waals surface area contributed by atoms with E-state index >= 15 is 0 Å². The second-order valence-electron chi connectivity index (χ2n) is 11.6. The number of rotatable bonds is 8. The molecule has 3 aromatic carbocycles. The van der Waals surface area contributed by atoms with Crippen molar-refractivity contribution in [3.63, 3.8) is 0 Å². The Kier molecular flexibility index (Phi) is 8.74. The van der Waals surface area contributed by atoms with Gasteiger partial charge in [-0.15, -0.1) is 0 Å². The van der Waals surface area contributed by atoms with Crippen molar-refractivity contribution in [2.75, 3.05) is 13.1 Å². The Hall–Kier alpha value is -3.19. The van der Waals surface area contributed by atoms with Gasteiger partial charge in [0.05, 0.1) is 17.0 Å². The Morgan fingerprint density at radius 2 is 1.57 bits per heavy atom. The van der Waals surface area contributed by atoms with Crippen molar-refractivity contribution in [3.8, 4) is 11.1 Å². The molecule has 0 saturated carbocycles. The Morgan fingerprint density at radius 3 is 2.10 bits per heavy atom. The van der Waals surface area contributed by atoms with Crippen LogP contribution in [-0.4, -0.2) is 29.1 Å². The summed E-state index contributed by atoms with van der Waals surface area (Å²) in [6, 6.07) is 16.5. The maximum atomic E-state index is 14.0. The summed E-state index contributed by atoms with van der Waals surface area (Å²) >= 11 is 0. The molecule has 4 atom stereocenters. The average molecular weight is 556 g/mol. The summed E-state index contributed by atoms with van der Waals surface area (Å²) in [5.74, 6) is -0.526. The van der Waals surface area contributed by atoms with Gasteiger partial charge in [-0.05, 0) is 83.7 Å². The maximum absolute atomic E-state index is 14.0. The highest BCUT2D eigenvalue weighted by atomic mass is 19.4. The highest BCUT2D eigenvalue weighted by molar-refractivity contribution is 5.86. The molecule has 1 heterocycles. The number of nitrogens with zero attached hydrogens (tertiary/aromatic N) is 1. The summed E-state index contributed by atoms with van der Waals surface area (Å²) < 4.78 is 54.4. The number of hydrogen-bond donors (Lipinski definition) is 1. The van der Waals surface area contributed by atoms with Crippen LogP contribution in [0.25, 0.3) is 11.1 Å². The summed E-state index contributed by atoms with van der Waals surface area (Å²) in [6.07, 6.45) is -2.44. The van der Waals surface area contributed by atoms with Gasteiger partial charge >= 0.3 is 12.1 Å². The standard InChI is InChI=1S/C33H37F4NO2/c1-5-17-32(4,31(39)40)28-8-6-7-27(29(28)23-9-13-25(14-10-23)33(35,36)37)30(24-11-15-26(34)16-12-24)38-19-21(2)18-22(3)20-38/h6-16,21-22,30H,5,17-20H2,1-4H3,(H,39,40). The summed E-state index contributed by atoms with van der Waals surface area (Å²) in [6.45, 7) is 9.56. The minimum atomic E-state index is -4.49. The lowest BCUT2D eigenvalue weighted by Crippen LogP contribution is -2.42. The van der Waals surface area contributed by atoms with Gasteiger partial charge in [0.2, 0.25) is 0 Å². The second kappa shape index (κ2) is 11.7. The highest BCUT2D eigenvalue weighted by Gasteiger charge is 2.39. The fourth-order valence-corrected chi connectivity index (χ4v) is 6.42. The molecular formula is C33H37F4NO2. The first-order valence-corrected chi connectivity index (χ1v) is 13.9. The minimum Gasteiger partial charge on any atom is -0.481 e. The van der Waals surface area contributed by atoms with Crippen LogP contribution in [0.3, 0.4) is 0 Å². The number of piperidine rings is 1. The van der Waals surface area contributed by atoms with Crippen LogP contribution >= 0.6 is 0 Å². The molecule has 4 rings (SSSR count). The third-order valence-electron chi connectivity index (χ3n) is 8.16. The number of carboxylic acid groups (broad SMARTS) is 1. The van der Waals surface area contributed by atoms with Crippen molar-refractivity contribution in [1.82, 2.24) is 4.90 Å². The molecule has 0 radical (unpaired) electrons. The fourth-order valence-electron chi connectivity index (χ4n) is 6.42. The van der Waals surface area contributed by atoms with Gasteiger partial charge in [0.1, 0.15) is 5.82 Å². The number of likely N-dealkylation sites (tertiary alicyclic amines) is 1. The molecule has 1 aliphatic heterocycles. The molecule has 0 aromatic heterocycles. The number of aliphatic carboxylic acids is 1. The van der Waals surface area contributed by atoms with Crippen LogP contribution in [0.2, 0.25) is 0 Å². The van der Waals surface area contributed by atoms with E-state index in [-0.39, 0.29) is 11.9 Å². The van der Waals surface area contributed by atoms with Crippen LogP contribution in [0.5, 0.6) is 0 Å². The lowest BCUT2D eigenvalue weighted by atomic mass is 9.73. The van der Waals surface area contributed by atoms with Gasteiger partial charge in [0.25, 0.3) is 0 Å². The summed E-state index contributed by atoms with van der Waals surface area (Å²) in [7, 11) is 0. The van der Waals surface area contributed by atoms with E-state index in [9.17, 15) is 27.5 Å². The van der Waals surface area contributed by atoms with Gasteiger partial charge in [0.15, 0.2) is 0 Å². The molecule has 1 aliphatic rings. The van der Waals surface area contributed by atoms with E-state index in [1.54, 1.807) is 25.1 Å². The molecule has 40 heavy (non-hydrogen) atoms. The number of carbonyl (C=O) groups is 1. The quantitative estimate of drug-likeness (QED) is 0.283. The molecule has 214 valence electrons. The minimum absolute atomic E-state index is 0.345. The topological polar surface area (TPSA) is 40.5 Å². The first kappa shape index (κ1) is 29.8. The van der Waals surface area contributed by atoms with Crippen LogP contribution in [0.15, 0.2) is 66.7 Å². The van der Waals surface area contributed by atoms with Gasteiger partial charge in [-0.25, -0.2) is 4.39 Å². The Morgan fingerprint density at radius 1 is 0.975 bits per heavy atom. The van der Waals surface area contributed by atoms with Crippen molar-refractivity contribution in [3.05, 3.63) is 94.8 Å². The largest absolute Gasteiger partial charge is 0.481 e. The molecule has 0 spiro atoms. The lowest BCUT2D eigenvalue weighted by Gasteiger charge is -2.42. The smallest absolute Gasteiger partial charge is 0.416 e. The van der Waals surface area contributed by atoms with Gasteiger partial charge in [-0.1, -0.05) is 69.7 Å². The predicted molar refractivity (Wildman–Crippen MR) is 150 cm³/mol. The van der Waals surface area contributed by atoms with E-state index in [0.717, 1.165) is 42.8 Å². The fraction of sp³-hybridized carbons (Fsp3) is 0.424. The van der Waals surface area contributed by atoms with Crippen LogP contribution in [-0.2, 0) is 16.4 Å². The van der Waals surface area contributed by atoms with Gasteiger partial charge in [-0.3, -0.25) is 9.69 Å². The Balaban J connectivity index is 2.03. The molecule has 3 nitrogen and oxygen atoms in total. The molecule has 0 amide bonds. The molecule has 3 aromatic rings. The first-order valence-electron chi connectivity index (χ1n) is 13.9. The van der Waals surface area contributed by atoms with E-state index in [4.69, 9.17) is 0 Å². The normalized spacial score (nSPS) is 20.6. The third-order valence-corrected chi connectivity index (χ3v) is 8.16. The first-order chi connectivity index (χ1) is 18.8. The molecule has 4 unspecified atom stereocenters.